The minimum Gasteiger partial charge on any atom is -0.456 e. The predicted molar refractivity (Wildman–Crippen MR) is 188 cm³/mol. The molecule has 2 heteroatoms. The molecule has 0 saturated heterocycles. The lowest BCUT2D eigenvalue weighted by Gasteiger charge is -2.07. The van der Waals surface area contributed by atoms with Gasteiger partial charge in [-0.05, 0) is 93.4 Å². The summed E-state index contributed by atoms with van der Waals surface area (Å²) in [6, 6.07) is 45.3. The van der Waals surface area contributed by atoms with Crippen LogP contribution in [0.1, 0.15) is 12.0 Å². The van der Waals surface area contributed by atoms with Gasteiger partial charge < -0.3 is 8.83 Å². The van der Waals surface area contributed by atoms with Gasteiger partial charge in [0.2, 0.25) is 0 Å². The molecule has 0 atom stereocenters. The molecule has 8 aromatic rings. The van der Waals surface area contributed by atoms with E-state index in [2.05, 4.69) is 152 Å². The van der Waals surface area contributed by atoms with E-state index in [9.17, 15) is 0 Å². The molecular formula is C43H28O2. The smallest absolute Gasteiger partial charge is 0.139 e. The van der Waals surface area contributed by atoms with E-state index in [1.807, 2.05) is 6.07 Å². The van der Waals surface area contributed by atoms with Crippen LogP contribution >= 0.6 is 0 Å². The molecular weight excluding hydrogens is 548 g/mol. The van der Waals surface area contributed by atoms with Crippen LogP contribution in [0.25, 0.3) is 82.8 Å². The molecule has 0 amide bonds. The SMILES string of the molecule is C1=CCC=C(c2cccc(-c3ccc4oc5cc6oc7ccc(-c8cccc(-c9ccccc9)c8)cc7c6cc5c4c3)c2)C=C1. The summed E-state index contributed by atoms with van der Waals surface area (Å²) >= 11 is 0. The number of furan rings is 2. The third kappa shape index (κ3) is 4.51. The highest BCUT2D eigenvalue weighted by atomic mass is 16.3. The lowest BCUT2D eigenvalue weighted by molar-refractivity contribution is 0.656. The third-order valence-electron chi connectivity index (χ3n) is 8.89. The number of allylic oxidation sites excluding steroid dienone is 6. The molecule has 0 bridgehead atoms. The minimum atomic E-state index is 0.832. The molecule has 6 aromatic carbocycles. The molecule has 0 spiro atoms. The Balaban J connectivity index is 1.15. The van der Waals surface area contributed by atoms with Crippen molar-refractivity contribution >= 4 is 49.5 Å². The van der Waals surface area contributed by atoms with Gasteiger partial charge in [0.1, 0.15) is 22.3 Å². The van der Waals surface area contributed by atoms with Gasteiger partial charge in [0.15, 0.2) is 0 Å². The standard InChI is InChI=1S/C43H28O2/c1-2-5-11-28(10-4-1)30-14-8-16-32(22-30)34-18-20-40-36(24-34)38-26-39-37-25-35(19-21-41(37)45-43(39)27-42(38)44-40)33-17-9-15-31(23-33)29-12-6-3-7-13-29/h1-4,6-27H,5H2. The van der Waals surface area contributed by atoms with Crippen molar-refractivity contribution in [2.45, 2.75) is 6.42 Å². The first-order chi connectivity index (χ1) is 22.3. The largest absolute Gasteiger partial charge is 0.456 e. The van der Waals surface area contributed by atoms with Gasteiger partial charge in [-0.3, -0.25) is 0 Å². The van der Waals surface area contributed by atoms with Crippen LogP contribution < -0.4 is 0 Å². The van der Waals surface area contributed by atoms with Gasteiger partial charge >= 0.3 is 0 Å². The highest BCUT2D eigenvalue weighted by molar-refractivity contribution is 6.16. The van der Waals surface area contributed by atoms with Crippen LogP contribution in [0.2, 0.25) is 0 Å². The number of hydrogen-bond donors (Lipinski definition) is 0. The molecule has 9 rings (SSSR count). The van der Waals surface area contributed by atoms with Crippen molar-refractivity contribution in [3.05, 3.63) is 163 Å². The van der Waals surface area contributed by atoms with Crippen molar-refractivity contribution in [2.24, 2.45) is 0 Å². The first-order valence-electron chi connectivity index (χ1n) is 15.4. The van der Waals surface area contributed by atoms with Gasteiger partial charge in [-0.15, -0.1) is 0 Å². The number of fused-ring (bicyclic) bond motifs is 6. The van der Waals surface area contributed by atoms with Gasteiger partial charge in [0.25, 0.3) is 0 Å². The zero-order valence-electron chi connectivity index (χ0n) is 24.5. The van der Waals surface area contributed by atoms with E-state index in [1.165, 1.54) is 39.0 Å². The minimum absolute atomic E-state index is 0.832. The zero-order chi connectivity index (χ0) is 29.7. The Labute approximate surface area is 260 Å². The molecule has 0 unspecified atom stereocenters. The molecule has 2 nitrogen and oxygen atoms in total. The maximum atomic E-state index is 6.34. The summed E-state index contributed by atoms with van der Waals surface area (Å²) in [6.07, 6.45) is 11.8. The molecule has 212 valence electrons. The first-order valence-corrected chi connectivity index (χ1v) is 15.4. The number of rotatable bonds is 4. The maximum absolute atomic E-state index is 6.34. The van der Waals surface area contributed by atoms with Crippen LogP contribution in [-0.4, -0.2) is 0 Å². The Morgan fingerprint density at radius 2 is 0.911 bits per heavy atom. The van der Waals surface area contributed by atoms with Crippen molar-refractivity contribution in [2.75, 3.05) is 0 Å². The van der Waals surface area contributed by atoms with Crippen LogP contribution in [0.4, 0.5) is 0 Å². The fourth-order valence-corrected chi connectivity index (χ4v) is 6.59. The Morgan fingerprint density at radius 1 is 0.378 bits per heavy atom. The van der Waals surface area contributed by atoms with Crippen molar-refractivity contribution in [3.8, 4) is 33.4 Å². The fraction of sp³-hybridized carbons (Fsp3) is 0.0233. The Morgan fingerprint density at radius 3 is 1.58 bits per heavy atom. The van der Waals surface area contributed by atoms with Crippen LogP contribution in [0.15, 0.2) is 167 Å². The Hall–Kier alpha value is -5.86. The zero-order valence-corrected chi connectivity index (χ0v) is 24.5. The summed E-state index contributed by atoms with van der Waals surface area (Å²) in [7, 11) is 0. The summed E-state index contributed by atoms with van der Waals surface area (Å²) in [5.41, 5.74) is 13.0. The molecule has 45 heavy (non-hydrogen) atoms. The van der Waals surface area contributed by atoms with Crippen molar-refractivity contribution < 1.29 is 8.83 Å². The second-order valence-corrected chi connectivity index (χ2v) is 11.7. The summed E-state index contributed by atoms with van der Waals surface area (Å²) in [5.74, 6) is 0. The average Bonchev–Trinajstić information content (AvgIpc) is 3.50. The van der Waals surface area contributed by atoms with Gasteiger partial charge in [0, 0.05) is 27.6 Å². The highest BCUT2D eigenvalue weighted by Gasteiger charge is 2.15. The van der Waals surface area contributed by atoms with Gasteiger partial charge in [-0.2, -0.15) is 0 Å². The molecule has 0 saturated carbocycles. The van der Waals surface area contributed by atoms with Crippen LogP contribution in [0.5, 0.6) is 0 Å². The van der Waals surface area contributed by atoms with Crippen molar-refractivity contribution in [1.82, 2.24) is 0 Å². The van der Waals surface area contributed by atoms with Crippen LogP contribution in [-0.2, 0) is 0 Å². The predicted octanol–water partition coefficient (Wildman–Crippen LogP) is 12.4. The van der Waals surface area contributed by atoms with E-state index in [0.717, 1.165) is 55.9 Å². The first kappa shape index (κ1) is 25.6. The van der Waals surface area contributed by atoms with E-state index in [-0.39, 0.29) is 0 Å². The van der Waals surface area contributed by atoms with Crippen LogP contribution in [0.3, 0.4) is 0 Å². The second kappa shape index (κ2) is 10.4. The van der Waals surface area contributed by atoms with Gasteiger partial charge in [0.05, 0.1) is 0 Å². The van der Waals surface area contributed by atoms with E-state index in [1.54, 1.807) is 0 Å². The molecule has 2 aromatic heterocycles. The number of benzene rings is 6. The molecule has 0 aliphatic heterocycles. The molecule has 1 aliphatic carbocycles. The molecule has 1 aliphatic rings. The van der Waals surface area contributed by atoms with E-state index in [4.69, 9.17) is 8.83 Å². The third-order valence-corrected chi connectivity index (χ3v) is 8.89. The molecule has 0 N–H and O–H groups in total. The lowest BCUT2D eigenvalue weighted by atomic mass is 9.97. The van der Waals surface area contributed by atoms with Gasteiger partial charge in [-0.1, -0.05) is 109 Å². The van der Waals surface area contributed by atoms with Gasteiger partial charge in [-0.25, -0.2) is 0 Å². The molecule has 0 radical (unpaired) electrons. The summed E-state index contributed by atoms with van der Waals surface area (Å²) in [6.45, 7) is 0. The Bertz CT molecular complexity index is 2500. The summed E-state index contributed by atoms with van der Waals surface area (Å²) in [4.78, 5) is 0. The second-order valence-electron chi connectivity index (χ2n) is 11.7. The topological polar surface area (TPSA) is 26.3 Å². The molecule has 0 fully saturated rings. The average molecular weight is 577 g/mol. The summed E-state index contributed by atoms with van der Waals surface area (Å²) in [5, 5.41) is 4.39. The fourth-order valence-electron chi connectivity index (χ4n) is 6.59. The van der Waals surface area contributed by atoms with E-state index < -0.39 is 0 Å². The number of hydrogen-bond acceptors (Lipinski definition) is 2. The van der Waals surface area contributed by atoms with E-state index in [0.29, 0.717) is 0 Å². The van der Waals surface area contributed by atoms with Crippen molar-refractivity contribution in [3.63, 3.8) is 0 Å². The van der Waals surface area contributed by atoms with Crippen molar-refractivity contribution in [1.29, 1.82) is 0 Å². The molecule has 2 heterocycles. The maximum Gasteiger partial charge on any atom is 0.139 e. The lowest BCUT2D eigenvalue weighted by Crippen LogP contribution is -1.84. The quantitative estimate of drug-likeness (QED) is 0.208. The summed E-state index contributed by atoms with van der Waals surface area (Å²) < 4.78 is 12.7. The monoisotopic (exact) mass is 576 g/mol. The highest BCUT2D eigenvalue weighted by Crippen LogP contribution is 2.39. The van der Waals surface area contributed by atoms with E-state index >= 15 is 0 Å². The normalized spacial score (nSPS) is 13.2. The van der Waals surface area contributed by atoms with Crippen LogP contribution in [0, 0.1) is 0 Å². The Kier molecular flexibility index (Phi) is 5.92.